The molecule has 0 aliphatic carbocycles. The first-order valence-electron chi connectivity index (χ1n) is 8.89. The molecule has 0 spiro atoms. The van der Waals surface area contributed by atoms with Crippen molar-refractivity contribution in [3.8, 4) is 5.75 Å². The maximum absolute atomic E-state index is 14.8. The second-order valence-electron chi connectivity index (χ2n) is 6.99. The van der Waals surface area contributed by atoms with Crippen molar-refractivity contribution < 1.29 is 18.4 Å². The van der Waals surface area contributed by atoms with Gasteiger partial charge in [0.2, 0.25) is 5.60 Å². The molecule has 150 valence electrons. The number of nitrogens with zero attached hydrogens (tertiary/aromatic N) is 1. The topological polar surface area (TPSA) is 30.8 Å². The highest BCUT2D eigenvalue weighted by Crippen LogP contribution is 2.50. The van der Waals surface area contributed by atoms with Crippen LogP contribution in [0.1, 0.15) is 42.5 Å². The molecule has 3 nitrogen and oxygen atoms in total. The van der Waals surface area contributed by atoms with Crippen LogP contribution in [0.15, 0.2) is 35.5 Å². The number of halogens is 4. The zero-order valence-corrected chi connectivity index (χ0v) is 17.6. The van der Waals surface area contributed by atoms with Gasteiger partial charge in [-0.2, -0.15) is 0 Å². The fourth-order valence-electron chi connectivity index (χ4n) is 3.45. The predicted octanol–water partition coefficient (Wildman–Crippen LogP) is 6.55. The first kappa shape index (κ1) is 20.9. The number of oxime groups is 1. The van der Waals surface area contributed by atoms with E-state index in [1.165, 1.54) is 19.2 Å². The van der Waals surface area contributed by atoms with Gasteiger partial charge in [-0.15, -0.1) is 0 Å². The lowest BCUT2D eigenvalue weighted by Gasteiger charge is -2.33. The lowest BCUT2D eigenvalue weighted by atomic mass is 9.82. The third-order valence-electron chi connectivity index (χ3n) is 5.17. The van der Waals surface area contributed by atoms with Crippen molar-refractivity contribution in [2.75, 3.05) is 7.11 Å². The molecule has 0 bridgehead atoms. The van der Waals surface area contributed by atoms with Gasteiger partial charge in [-0.1, -0.05) is 47.4 Å². The van der Waals surface area contributed by atoms with E-state index in [0.29, 0.717) is 5.71 Å². The van der Waals surface area contributed by atoms with E-state index in [1.54, 1.807) is 0 Å². The maximum Gasteiger partial charge on any atom is 0.291 e. The summed E-state index contributed by atoms with van der Waals surface area (Å²) in [7, 11) is 1.41. The molecule has 1 heterocycles. The summed E-state index contributed by atoms with van der Waals surface area (Å²) in [6, 6.07) is 8.59. The summed E-state index contributed by atoms with van der Waals surface area (Å²) in [4.78, 5) is 5.43. The van der Waals surface area contributed by atoms with E-state index in [1.807, 2.05) is 32.0 Å². The Morgan fingerprint density at radius 3 is 2.39 bits per heavy atom. The van der Waals surface area contributed by atoms with Crippen LogP contribution in [-0.2, 0) is 16.9 Å². The molecular formula is C21H21Cl2F2NO2. The summed E-state index contributed by atoms with van der Waals surface area (Å²) in [6.45, 7) is 4.87. The molecule has 1 aliphatic heterocycles. The molecule has 0 amide bonds. The molecule has 3 rings (SSSR count). The molecule has 1 aliphatic rings. The molecular weight excluding hydrogens is 407 g/mol. The Morgan fingerprint density at radius 2 is 1.86 bits per heavy atom. The first-order valence-corrected chi connectivity index (χ1v) is 9.65. The minimum atomic E-state index is -3.24. The molecule has 0 saturated heterocycles. The predicted molar refractivity (Wildman–Crippen MR) is 108 cm³/mol. The van der Waals surface area contributed by atoms with Crippen LogP contribution in [0.4, 0.5) is 8.78 Å². The van der Waals surface area contributed by atoms with Gasteiger partial charge in [0.1, 0.15) is 0 Å². The number of hydrogen-bond donors (Lipinski definition) is 0. The molecule has 0 aromatic heterocycles. The number of benzene rings is 2. The average molecular weight is 428 g/mol. The Bertz CT molecular complexity index is 917. The molecule has 0 radical (unpaired) electrons. The Balaban J connectivity index is 2.05. The molecule has 2 aromatic carbocycles. The Kier molecular flexibility index (Phi) is 5.61. The standard InChI is InChI=1S/C21H21Cl2F2NO2/c1-5-13-8-14(7-6-12(13)2)18-11-21(28-26-18,20(3,24)25)15-9-16(22)19(27-4)17(23)10-15/h6-10H,5,11H2,1-4H3. The Labute approximate surface area is 173 Å². The zero-order valence-electron chi connectivity index (χ0n) is 16.1. The normalized spacial score (nSPS) is 19.4. The van der Waals surface area contributed by atoms with E-state index in [0.717, 1.165) is 30.0 Å². The van der Waals surface area contributed by atoms with Gasteiger partial charge in [-0.25, -0.2) is 8.78 Å². The van der Waals surface area contributed by atoms with E-state index < -0.39 is 11.5 Å². The fourth-order valence-corrected chi connectivity index (χ4v) is 4.09. The molecule has 0 fully saturated rings. The van der Waals surface area contributed by atoms with Crippen LogP contribution in [-0.4, -0.2) is 18.7 Å². The quantitative estimate of drug-likeness (QED) is 0.541. The van der Waals surface area contributed by atoms with Gasteiger partial charge in [-0.3, -0.25) is 0 Å². The second kappa shape index (κ2) is 7.53. The number of ether oxygens (including phenoxy) is 1. The minimum Gasteiger partial charge on any atom is -0.494 e. The van der Waals surface area contributed by atoms with E-state index in [-0.39, 0.29) is 27.8 Å². The van der Waals surface area contributed by atoms with Crippen LogP contribution in [0.3, 0.4) is 0 Å². The van der Waals surface area contributed by atoms with E-state index in [2.05, 4.69) is 5.16 Å². The highest BCUT2D eigenvalue weighted by atomic mass is 35.5. The highest BCUT2D eigenvalue weighted by Gasteiger charge is 2.58. The minimum absolute atomic E-state index is 0.109. The van der Waals surface area contributed by atoms with Gasteiger partial charge in [0.05, 0.1) is 22.9 Å². The van der Waals surface area contributed by atoms with Gasteiger partial charge in [0.15, 0.2) is 5.75 Å². The number of methoxy groups -OCH3 is 1. The summed E-state index contributed by atoms with van der Waals surface area (Å²) in [6.07, 6.45) is 0.730. The smallest absolute Gasteiger partial charge is 0.291 e. The van der Waals surface area contributed by atoms with E-state index >= 15 is 0 Å². The van der Waals surface area contributed by atoms with Gasteiger partial charge in [-0.05, 0) is 48.2 Å². The molecule has 28 heavy (non-hydrogen) atoms. The van der Waals surface area contributed by atoms with Crippen LogP contribution in [0.25, 0.3) is 0 Å². The third-order valence-corrected chi connectivity index (χ3v) is 5.73. The van der Waals surface area contributed by atoms with Crippen molar-refractivity contribution in [1.29, 1.82) is 0 Å². The average Bonchev–Trinajstić information content (AvgIpc) is 3.08. The summed E-state index contributed by atoms with van der Waals surface area (Å²) in [5.74, 6) is -3.01. The van der Waals surface area contributed by atoms with Gasteiger partial charge >= 0.3 is 0 Å². The van der Waals surface area contributed by atoms with Crippen molar-refractivity contribution >= 4 is 28.9 Å². The maximum atomic E-state index is 14.8. The van der Waals surface area contributed by atoms with Gasteiger partial charge in [0, 0.05) is 18.9 Å². The van der Waals surface area contributed by atoms with Crippen molar-refractivity contribution in [2.45, 2.75) is 45.1 Å². The van der Waals surface area contributed by atoms with Crippen LogP contribution >= 0.6 is 23.2 Å². The van der Waals surface area contributed by atoms with Crippen LogP contribution in [0, 0.1) is 6.92 Å². The lowest BCUT2D eigenvalue weighted by Crippen LogP contribution is -2.43. The molecule has 1 atom stereocenters. The zero-order chi connectivity index (χ0) is 20.7. The van der Waals surface area contributed by atoms with E-state index in [4.69, 9.17) is 32.8 Å². The SMILES string of the molecule is CCc1cc(C2=NOC(c3cc(Cl)c(OC)c(Cl)c3)(C(C)(F)F)C2)ccc1C. The second-order valence-corrected chi connectivity index (χ2v) is 7.80. The Morgan fingerprint density at radius 1 is 1.21 bits per heavy atom. The van der Waals surface area contributed by atoms with Crippen LogP contribution < -0.4 is 4.74 Å². The first-order chi connectivity index (χ1) is 13.1. The number of hydrogen-bond acceptors (Lipinski definition) is 3. The molecule has 0 saturated carbocycles. The molecule has 2 aromatic rings. The van der Waals surface area contributed by atoms with Crippen molar-refractivity contribution in [3.63, 3.8) is 0 Å². The number of rotatable bonds is 5. The highest BCUT2D eigenvalue weighted by molar-refractivity contribution is 6.37. The summed E-state index contributed by atoms with van der Waals surface area (Å²) in [5, 5.41) is 4.30. The largest absolute Gasteiger partial charge is 0.494 e. The molecule has 0 N–H and O–H groups in total. The summed E-state index contributed by atoms with van der Waals surface area (Å²) >= 11 is 12.4. The monoisotopic (exact) mass is 427 g/mol. The fraction of sp³-hybridized carbons (Fsp3) is 0.381. The molecule has 1 unspecified atom stereocenters. The summed E-state index contributed by atoms with van der Waals surface area (Å²) in [5.41, 5.74) is 1.65. The van der Waals surface area contributed by atoms with E-state index in [9.17, 15) is 8.78 Å². The molecule has 7 heteroatoms. The van der Waals surface area contributed by atoms with Crippen molar-refractivity contribution in [1.82, 2.24) is 0 Å². The lowest BCUT2D eigenvalue weighted by molar-refractivity contribution is -0.193. The van der Waals surface area contributed by atoms with Crippen LogP contribution in [0.5, 0.6) is 5.75 Å². The number of aryl methyl sites for hydroxylation is 2. The van der Waals surface area contributed by atoms with Crippen LogP contribution in [0.2, 0.25) is 10.0 Å². The third kappa shape index (κ3) is 3.46. The van der Waals surface area contributed by atoms with Gasteiger partial charge in [0.25, 0.3) is 5.92 Å². The van der Waals surface area contributed by atoms with Crippen molar-refractivity contribution in [3.05, 3.63) is 62.6 Å². The Hall–Kier alpha value is -1.85. The number of alkyl halides is 2. The van der Waals surface area contributed by atoms with Crippen molar-refractivity contribution in [2.24, 2.45) is 5.16 Å². The summed E-state index contributed by atoms with van der Waals surface area (Å²) < 4.78 is 34.7. The van der Waals surface area contributed by atoms with Gasteiger partial charge < -0.3 is 9.57 Å².